The molecule has 2 heterocycles. The van der Waals surface area contributed by atoms with Crippen molar-refractivity contribution in [3.05, 3.63) is 41.1 Å². The third kappa shape index (κ3) is 4.96. The van der Waals surface area contributed by atoms with Gasteiger partial charge in [-0.25, -0.2) is 0 Å². The summed E-state index contributed by atoms with van der Waals surface area (Å²) in [6.45, 7) is 5.02. The summed E-state index contributed by atoms with van der Waals surface area (Å²) in [5, 5.41) is 16.2. The lowest BCUT2D eigenvalue weighted by Gasteiger charge is -2.22. The van der Waals surface area contributed by atoms with Crippen LogP contribution in [-0.4, -0.2) is 41.2 Å². The minimum absolute atomic E-state index is 0.00570. The molecule has 26 heavy (non-hydrogen) atoms. The number of carbonyl (C=O) groups excluding carboxylic acids is 1. The maximum absolute atomic E-state index is 12.3. The molecule has 7 heteroatoms. The van der Waals surface area contributed by atoms with Gasteiger partial charge in [-0.05, 0) is 52.1 Å². The first-order valence-electron chi connectivity index (χ1n) is 8.80. The summed E-state index contributed by atoms with van der Waals surface area (Å²) in [6.07, 6.45) is 3.12. The average Bonchev–Trinajstić information content (AvgIpc) is 3.20. The number of amides is 1. The SMILES string of the molecule is Cc1nn(CCC#N)c(C)c1CCC(=O)NCC(c1ccco1)N(C)C. The van der Waals surface area contributed by atoms with E-state index in [1.54, 1.807) is 6.26 Å². The first kappa shape index (κ1) is 19.7. The van der Waals surface area contributed by atoms with Gasteiger partial charge in [0, 0.05) is 18.7 Å². The minimum Gasteiger partial charge on any atom is -0.468 e. The van der Waals surface area contributed by atoms with Gasteiger partial charge in [-0.15, -0.1) is 0 Å². The Kier molecular flexibility index (Phi) is 6.98. The number of aromatic nitrogens is 2. The number of carbonyl (C=O) groups is 1. The number of furan rings is 1. The molecule has 0 saturated carbocycles. The summed E-state index contributed by atoms with van der Waals surface area (Å²) in [5.74, 6) is 0.840. The van der Waals surface area contributed by atoms with Crippen molar-refractivity contribution in [1.82, 2.24) is 20.0 Å². The molecule has 0 fully saturated rings. The Morgan fingerprint density at radius 2 is 2.23 bits per heavy atom. The fraction of sp³-hybridized carbons (Fsp3) is 0.526. The van der Waals surface area contributed by atoms with Gasteiger partial charge in [0.05, 0.1) is 37.0 Å². The van der Waals surface area contributed by atoms with Crippen LogP contribution in [0.5, 0.6) is 0 Å². The van der Waals surface area contributed by atoms with E-state index in [1.807, 2.05) is 49.7 Å². The van der Waals surface area contributed by atoms with Crippen molar-refractivity contribution in [2.45, 2.75) is 45.7 Å². The molecule has 1 unspecified atom stereocenters. The van der Waals surface area contributed by atoms with Crippen LogP contribution >= 0.6 is 0 Å². The van der Waals surface area contributed by atoms with Crippen LogP contribution in [0.15, 0.2) is 22.8 Å². The minimum atomic E-state index is 0.00570. The molecular formula is C19H27N5O2. The van der Waals surface area contributed by atoms with E-state index in [0.29, 0.717) is 32.4 Å². The van der Waals surface area contributed by atoms with Crippen molar-refractivity contribution < 1.29 is 9.21 Å². The predicted molar refractivity (Wildman–Crippen MR) is 98.4 cm³/mol. The lowest BCUT2D eigenvalue weighted by atomic mass is 10.1. The molecule has 2 aromatic rings. The van der Waals surface area contributed by atoms with Crippen LogP contribution in [0.1, 0.15) is 41.6 Å². The summed E-state index contributed by atoms with van der Waals surface area (Å²) in [5.41, 5.74) is 3.05. The highest BCUT2D eigenvalue weighted by atomic mass is 16.3. The van der Waals surface area contributed by atoms with E-state index >= 15 is 0 Å². The van der Waals surface area contributed by atoms with Gasteiger partial charge in [0.2, 0.25) is 5.91 Å². The monoisotopic (exact) mass is 357 g/mol. The Balaban J connectivity index is 1.89. The topological polar surface area (TPSA) is 87.1 Å². The lowest BCUT2D eigenvalue weighted by molar-refractivity contribution is -0.121. The molecule has 2 aromatic heterocycles. The molecule has 7 nitrogen and oxygen atoms in total. The summed E-state index contributed by atoms with van der Waals surface area (Å²) in [7, 11) is 3.92. The number of hydrogen-bond acceptors (Lipinski definition) is 5. The van der Waals surface area contributed by atoms with Crippen molar-refractivity contribution in [2.24, 2.45) is 0 Å². The number of likely N-dealkylation sites (N-methyl/N-ethyl adjacent to an activating group) is 1. The zero-order valence-corrected chi connectivity index (χ0v) is 16.0. The number of hydrogen-bond donors (Lipinski definition) is 1. The second-order valence-corrected chi connectivity index (χ2v) is 6.58. The third-order valence-electron chi connectivity index (χ3n) is 4.56. The van der Waals surface area contributed by atoms with E-state index in [2.05, 4.69) is 16.5 Å². The maximum atomic E-state index is 12.3. The van der Waals surface area contributed by atoms with E-state index in [9.17, 15) is 4.79 Å². The summed E-state index contributed by atoms with van der Waals surface area (Å²) in [4.78, 5) is 14.3. The lowest BCUT2D eigenvalue weighted by Crippen LogP contribution is -2.34. The van der Waals surface area contributed by atoms with Crippen LogP contribution in [0.25, 0.3) is 0 Å². The van der Waals surface area contributed by atoms with E-state index in [0.717, 1.165) is 22.7 Å². The molecular weight excluding hydrogens is 330 g/mol. The number of nitrogens with one attached hydrogen (secondary N) is 1. The van der Waals surface area contributed by atoms with Crippen LogP contribution in [0, 0.1) is 25.2 Å². The van der Waals surface area contributed by atoms with Crippen molar-refractivity contribution in [1.29, 1.82) is 5.26 Å². The smallest absolute Gasteiger partial charge is 0.220 e. The van der Waals surface area contributed by atoms with Crippen LogP contribution in [0.3, 0.4) is 0 Å². The molecule has 1 atom stereocenters. The fourth-order valence-corrected chi connectivity index (χ4v) is 3.03. The summed E-state index contributed by atoms with van der Waals surface area (Å²) < 4.78 is 7.31. The molecule has 0 aromatic carbocycles. The van der Waals surface area contributed by atoms with Crippen molar-refractivity contribution in [3.63, 3.8) is 0 Å². The molecule has 1 N–H and O–H groups in total. The van der Waals surface area contributed by atoms with Crippen LogP contribution < -0.4 is 5.32 Å². The van der Waals surface area contributed by atoms with Crippen LogP contribution in [0.2, 0.25) is 0 Å². The number of nitrogens with zero attached hydrogens (tertiary/aromatic N) is 4. The molecule has 2 rings (SSSR count). The fourth-order valence-electron chi connectivity index (χ4n) is 3.03. The Morgan fingerprint density at radius 3 is 2.85 bits per heavy atom. The van der Waals surface area contributed by atoms with Gasteiger partial charge in [-0.2, -0.15) is 10.4 Å². The number of aryl methyl sites for hydroxylation is 2. The Hall–Kier alpha value is -2.59. The quantitative estimate of drug-likeness (QED) is 0.744. The summed E-state index contributed by atoms with van der Waals surface area (Å²) >= 11 is 0. The van der Waals surface area contributed by atoms with Crippen LogP contribution in [-0.2, 0) is 17.8 Å². The zero-order valence-electron chi connectivity index (χ0n) is 16.0. The second kappa shape index (κ2) is 9.20. The standard InChI is InChI=1S/C19H27N5O2/c1-14-16(15(2)24(22-14)11-6-10-20)8-9-19(25)21-13-17(23(3)4)18-7-5-12-26-18/h5,7,12,17H,6,8-9,11,13H2,1-4H3,(H,21,25). The van der Waals surface area contributed by atoms with E-state index < -0.39 is 0 Å². The number of rotatable bonds is 9. The highest BCUT2D eigenvalue weighted by Crippen LogP contribution is 2.18. The third-order valence-corrected chi connectivity index (χ3v) is 4.56. The number of nitriles is 1. The molecule has 0 spiro atoms. The predicted octanol–water partition coefficient (Wildman–Crippen LogP) is 2.36. The van der Waals surface area contributed by atoms with E-state index in [1.165, 1.54) is 0 Å². The molecule has 0 aliphatic heterocycles. The molecule has 140 valence electrons. The van der Waals surface area contributed by atoms with Gasteiger partial charge in [-0.3, -0.25) is 14.4 Å². The Morgan fingerprint density at radius 1 is 1.46 bits per heavy atom. The largest absolute Gasteiger partial charge is 0.468 e. The average molecular weight is 357 g/mol. The van der Waals surface area contributed by atoms with E-state index in [4.69, 9.17) is 9.68 Å². The molecule has 0 aliphatic rings. The summed E-state index contributed by atoms with van der Waals surface area (Å²) in [6, 6.07) is 5.91. The van der Waals surface area contributed by atoms with Crippen molar-refractivity contribution >= 4 is 5.91 Å². The second-order valence-electron chi connectivity index (χ2n) is 6.58. The van der Waals surface area contributed by atoms with Gasteiger partial charge in [0.25, 0.3) is 0 Å². The maximum Gasteiger partial charge on any atom is 0.220 e. The van der Waals surface area contributed by atoms with Gasteiger partial charge in [0.1, 0.15) is 5.76 Å². The molecule has 0 saturated heterocycles. The van der Waals surface area contributed by atoms with E-state index in [-0.39, 0.29) is 11.9 Å². The molecule has 0 aliphatic carbocycles. The Labute approximate surface area is 154 Å². The molecule has 0 bridgehead atoms. The molecule has 0 radical (unpaired) electrons. The van der Waals surface area contributed by atoms with Gasteiger partial charge in [-0.1, -0.05) is 0 Å². The highest BCUT2D eigenvalue weighted by molar-refractivity contribution is 5.76. The van der Waals surface area contributed by atoms with Crippen LogP contribution in [0.4, 0.5) is 0 Å². The van der Waals surface area contributed by atoms with Crippen molar-refractivity contribution in [3.8, 4) is 6.07 Å². The first-order chi connectivity index (χ1) is 12.4. The van der Waals surface area contributed by atoms with Crippen molar-refractivity contribution in [2.75, 3.05) is 20.6 Å². The first-order valence-corrected chi connectivity index (χ1v) is 8.80. The highest BCUT2D eigenvalue weighted by Gasteiger charge is 2.18. The Bertz CT molecular complexity index is 756. The molecule has 1 amide bonds. The van der Waals surface area contributed by atoms with Gasteiger partial charge >= 0.3 is 0 Å². The van der Waals surface area contributed by atoms with Gasteiger partial charge < -0.3 is 9.73 Å². The normalized spacial score (nSPS) is 12.2. The zero-order chi connectivity index (χ0) is 19.1. The van der Waals surface area contributed by atoms with Gasteiger partial charge in [0.15, 0.2) is 0 Å².